The minimum atomic E-state index is -1.73. The zero-order valence-corrected chi connectivity index (χ0v) is 70.3. The van der Waals surface area contributed by atoms with Gasteiger partial charge in [-0.1, -0.05) is 81.4 Å². The van der Waals surface area contributed by atoms with Crippen LogP contribution in [0.3, 0.4) is 0 Å². The first-order valence-electron chi connectivity index (χ1n) is 40.3. The Kier molecular flexibility index (Phi) is 47.8. The van der Waals surface area contributed by atoms with Crippen LogP contribution in [0.15, 0.2) is 24.3 Å². The number of rotatable bonds is 56. The molecular formula is C77H133N19O20S. The van der Waals surface area contributed by atoms with Gasteiger partial charge in [-0.15, -0.1) is 0 Å². The molecule has 0 unspecified atom stereocenters. The lowest BCUT2D eigenvalue weighted by atomic mass is 9.98. The summed E-state index contributed by atoms with van der Waals surface area (Å²) in [6.45, 7) is 17.2. The predicted molar refractivity (Wildman–Crippen MR) is 436 cm³/mol. The van der Waals surface area contributed by atoms with E-state index in [4.69, 9.17) is 28.7 Å². The highest BCUT2D eigenvalue weighted by Crippen LogP contribution is 2.21. The molecule has 1 aromatic carbocycles. The number of primary amides is 1. The third-order valence-electron chi connectivity index (χ3n) is 19.3. The molecule has 117 heavy (non-hydrogen) atoms. The van der Waals surface area contributed by atoms with Crippen LogP contribution in [0.5, 0.6) is 5.75 Å². The monoisotopic (exact) mass is 1680 g/mol. The Morgan fingerprint density at radius 2 is 0.769 bits per heavy atom. The molecule has 662 valence electrons. The topological polar surface area (TPSA) is 644 Å². The lowest BCUT2D eigenvalue weighted by Gasteiger charge is -2.29. The van der Waals surface area contributed by atoms with Crippen LogP contribution < -0.4 is 97.8 Å². The van der Waals surface area contributed by atoms with E-state index in [2.05, 4.69) is 81.7 Å². The molecule has 0 spiro atoms. The minimum absolute atomic E-state index is 0.0401. The molecule has 0 aromatic heterocycles. The molecule has 1 fully saturated rings. The fourth-order valence-corrected chi connectivity index (χ4v) is 12.9. The molecule has 0 bridgehead atoms. The quantitative estimate of drug-likeness (QED) is 0.0217. The molecule has 0 saturated carbocycles. The van der Waals surface area contributed by atoms with Crippen molar-refractivity contribution in [3.8, 4) is 5.75 Å². The molecule has 40 heteroatoms. The maximum absolute atomic E-state index is 14.6. The van der Waals surface area contributed by atoms with Gasteiger partial charge >= 0.3 is 5.97 Å². The molecule has 0 aliphatic carbocycles. The highest BCUT2D eigenvalue weighted by atomic mass is 32.1. The molecule has 1 aliphatic heterocycles. The fraction of sp³-hybridized carbons (Fsp3) is 0.714. The van der Waals surface area contributed by atoms with Gasteiger partial charge in [0.1, 0.15) is 90.3 Å². The highest BCUT2D eigenvalue weighted by molar-refractivity contribution is 7.80. The number of phenols is 1. The van der Waals surface area contributed by atoms with E-state index in [-0.39, 0.29) is 120 Å². The van der Waals surface area contributed by atoms with Gasteiger partial charge in [0, 0.05) is 25.1 Å². The molecule has 1 saturated heterocycles. The lowest BCUT2D eigenvalue weighted by Crippen LogP contribution is -2.62. The number of nitrogens with one attached hydrogen (secondary N) is 13. The van der Waals surface area contributed by atoms with E-state index in [0.29, 0.717) is 37.7 Å². The third-order valence-corrected chi connectivity index (χ3v) is 19.7. The Morgan fingerprint density at radius 3 is 1.16 bits per heavy atom. The summed E-state index contributed by atoms with van der Waals surface area (Å²) in [6, 6.07) is -15.5. The number of aliphatic carboxylic acids is 1. The van der Waals surface area contributed by atoms with E-state index < -0.39 is 223 Å². The zero-order valence-electron chi connectivity index (χ0n) is 69.4. The molecule has 1 aromatic rings. The molecule has 1 aliphatic rings. The number of carboxylic acids is 1. The van der Waals surface area contributed by atoms with Crippen LogP contribution in [-0.2, 0) is 83.1 Å². The number of thiol groups is 1. The van der Waals surface area contributed by atoms with Crippen LogP contribution in [-0.4, -0.2) is 256 Å². The van der Waals surface area contributed by atoms with Gasteiger partial charge in [-0.2, -0.15) is 12.6 Å². The summed E-state index contributed by atoms with van der Waals surface area (Å²) < 4.78 is 0. The van der Waals surface area contributed by atoms with E-state index >= 15 is 0 Å². The van der Waals surface area contributed by atoms with Crippen molar-refractivity contribution in [2.75, 3.05) is 45.1 Å². The Balaban J connectivity index is 2.45. The van der Waals surface area contributed by atoms with Crippen molar-refractivity contribution in [2.24, 2.45) is 58.3 Å². The van der Waals surface area contributed by atoms with Gasteiger partial charge in [-0.3, -0.25) is 71.9 Å². The normalized spacial score (nSPS) is 16.3. The van der Waals surface area contributed by atoms with E-state index in [1.54, 1.807) is 41.5 Å². The first-order valence-corrected chi connectivity index (χ1v) is 40.9. The summed E-state index contributed by atoms with van der Waals surface area (Å²) in [5, 5.41) is 74.1. The number of nitrogens with two attached hydrogens (primary N) is 5. The first-order chi connectivity index (χ1) is 55.1. The maximum Gasteiger partial charge on any atom is 0.326 e. The molecule has 39 nitrogen and oxygen atoms in total. The minimum Gasteiger partial charge on any atom is -0.508 e. The van der Waals surface area contributed by atoms with Crippen molar-refractivity contribution in [1.29, 1.82) is 0 Å². The van der Waals surface area contributed by atoms with Gasteiger partial charge in [-0.05, 0) is 170 Å². The van der Waals surface area contributed by atoms with Crippen molar-refractivity contribution in [2.45, 2.75) is 276 Å². The van der Waals surface area contributed by atoms with Crippen LogP contribution in [0.1, 0.15) is 184 Å². The predicted octanol–water partition coefficient (Wildman–Crippen LogP) is -4.32. The number of aliphatic hydroxyl groups excluding tert-OH is 2. The number of aliphatic hydroxyl groups is 2. The molecule has 1 heterocycles. The number of aromatic hydroxyl groups is 1. The van der Waals surface area contributed by atoms with Crippen LogP contribution in [0.25, 0.3) is 0 Å². The van der Waals surface area contributed by atoms with Crippen molar-refractivity contribution < 1.29 is 97.1 Å². The number of phenolic OH excluding ortho intramolecular Hbond substituents is 1. The van der Waals surface area contributed by atoms with E-state index in [1.165, 1.54) is 31.2 Å². The Bertz CT molecular complexity index is 3430. The third kappa shape index (κ3) is 37.4. The Hall–Kier alpha value is -9.35. The number of carboxylic acid groups (broad SMARTS) is 1. The second kappa shape index (κ2) is 53.9. The molecule has 2 rings (SSSR count). The molecule has 15 atom stereocenters. The van der Waals surface area contributed by atoms with Crippen molar-refractivity contribution in [1.82, 2.24) is 74.0 Å². The van der Waals surface area contributed by atoms with Crippen molar-refractivity contribution in [3.05, 3.63) is 29.8 Å². The Labute approximate surface area is 690 Å². The largest absolute Gasteiger partial charge is 0.508 e. The van der Waals surface area contributed by atoms with E-state index in [9.17, 15) is 97.1 Å². The second-order valence-electron chi connectivity index (χ2n) is 31.6. The van der Waals surface area contributed by atoms with Crippen molar-refractivity contribution in [3.63, 3.8) is 0 Å². The molecule has 15 amide bonds. The number of likely N-dealkylation sites (tertiary alicyclic amines) is 1. The van der Waals surface area contributed by atoms with Crippen molar-refractivity contribution >= 4 is 107 Å². The molecule has 0 radical (unpaired) electrons. The van der Waals surface area contributed by atoms with Crippen LogP contribution in [0.2, 0.25) is 0 Å². The second-order valence-corrected chi connectivity index (χ2v) is 32.0. The van der Waals surface area contributed by atoms with E-state index in [0.717, 1.165) is 4.90 Å². The zero-order chi connectivity index (χ0) is 88.5. The number of hydrogen-bond acceptors (Lipinski definition) is 24. The number of hydrogen-bond donors (Lipinski definition) is 23. The van der Waals surface area contributed by atoms with Gasteiger partial charge in [-0.25, -0.2) is 4.79 Å². The summed E-state index contributed by atoms with van der Waals surface area (Å²) in [4.78, 5) is 222. The molecule has 27 N–H and O–H groups in total. The SMILES string of the molecule is CC(C)C[C@H](NC(=O)[C@H](Cc1ccc(O)cc1)NC(=O)[C@H](CO)NC(=O)[C@@H](NC(=O)[C@H](CC(C)C)NC(=O)[C@@H](N)CC(C)C)C(C)C)C(=O)N[C@@H](C)C(=O)N[C@H](C(=O)N[C@@H](CCCCN)C(=O)N[C@@H](CCCCN)C(=O)N[C@@H](CCC(N)=O)C(=O)N[C@@H](CCCCN)C(=O)N[C@@H](CO)C(=O)N[C@@H](CS)C(=O)N1CCC[C@H]1C(=O)O)C(C)C. The summed E-state index contributed by atoms with van der Waals surface area (Å²) in [7, 11) is 0. The van der Waals surface area contributed by atoms with Crippen LogP contribution >= 0.6 is 12.6 Å². The lowest BCUT2D eigenvalue weighted by molar-refractivity contribution is -0.149. The summed E-state index contributed by atoms with van der Waals surface area (Å²) in [5.41, 5.74) is 29.4. The Morgan fingerprint density at radius 1 is 0.427 bits per heavy atom. The van der Waals surface area contributed by atoms with Gasteiger partial charge in [0.25, 0.3) is 0 Å². The van der Waals surface area contributed by atoms with Gasteiger partial charge in [0.15, 0.2) is 0 Å². The maximum atomic E-state index is 14.6. The number of carbonyl (C=O) groups is 16. The average molecular weight is 1680 g/mol. The summed E-state index contributed by atoms with van der Waals surface area (Å²) in [5.74, 6) is -16.7. The highest BCUT2D eigenvalue weighted by Gasteiger charge is 2.41. The number of benzene rings is 1. The number of unbranched alkanes of at least 4 members (excludes halogenated alkanes) is 3. The average Bonchev–Trinajstić information content (AvgIpc) is 1.37. The van der Waals surface area contributed by atoms with Gasteiger partial charge in [0.2, 0.25) is 88.6 Å². The number of carbonyl (C=O) groups excluding carboxylic acids is 15. The van der Waals surface area contributed by atoms with Gasteiger partial charge < -0.3 is 123 Å². The van der Waals surface area contributed by atoms with Gasteiger partial charge in [0.05, 0.1) is 19.3 Å². The number of amides is 15. The smallest absolute Gasteiger partial charge is 0.326 e. The van der Waals surface area contributed by atoms with Crippen LogP contribution in [0.4, 0.5) is 0 Å². The molecular weight excluding hydrogens is 1540 g/mol. The van der Waals surface area contributed by atoms with E-state index in [1.807, 2.05) is 27.7 Å². The first kappa shape index (κ1) is 104. The van der Waals surface area contributed by atoms with Crippen LogP contribution in [0, 0.1) is 29.6 Å². The number of nitrogens with zero attached hydrogens (tertiary/aromatic N) is 1. The summed E-state index contributed by atoms with van der Waals surface area (Å²) >= 11 is 4.17. The summed E-state index contributed by atoms with van der Waals surface area (Å²) in [6.07, 6.45) is 1.32. The standard InChI is InChI=1S/C77H133N19O20S/c1-40(2)33-48(81)64(102)88-54(35-42(5)6)71(109)95-62(44(9)10)75(113)92-57(38-98)72(110)90-55(36-46-23-25-47(99)26-24-46)70(108)89-53(34-41(3)4)69(107)83-45(11)63(101)94-61(43(7)8)74(112)87-51(21-14-17-31-80)66(104)84-49(19-12-15-29-78)65(103)86-52(27-28-60(82)100)68(106)85-50(20-13-16-30-79)67(105)91-56(37-97)73(111)93-58(39-117)76(114)96-32-18-22-59(96)77(115)116/h23-26,40-45,48-59,61-62,97-99,117H,12-22,27-39,78-81H2,1-11H3,(H2,82,100)(H,83,107)(H,84,104)(H,85,106)(H,86,103)(H,87,112)(H,88,102)(H,89,108)(H,90,110)(H,91,105)(H,92,113)(H,93,111)(H,94,101)(H,95,109)(H,115,116)/t45-,48-,49-,50-,51-,52-,53-,54-,55-,56-,57-,58-,59-,61-,62-/m0/s1. The fourth-order valence-electron chi connectivity index (χ4n) is 12.7.